The quantitative estimate of drug-likeness (QED) is 0.214. The summed E-state index contributed by atoms with van der Waals surface area (Å²) >= 11 is 0. The van der Waals surface area contributed by atoms with Gasteiger partial charge in [-0.25, -0.2) is 4.39 Å². The Morgan fingerprint density at radius 2 is 1.61 bits per heavy atom. The summed E-state index contributed by atoms with van der Waals surface area (Å²) in [6, 6.07) is 0. The van der Waals surface area contributed by atoms with Crippen LogP contribution in [-0.2, 0) is 0 Å². The van der Waals surface area contributed by atoms with Crippen molar-refractivity contribution in [3.63, 3.8) is 0 Å². The van der Waals surface area contributed by atoms with Gasteiger partial charge in [-0.1, -0.05) is 82.0 Å². The van der Waals surface area contributed by atoms with E-state index < -0.39 is 6.17 Å². The number of halogens is 1. The average Bonchev–Trinajstić information content (AvgIpc) is 2.85. The molecule has 0 aliphatic heterocycles. The third-order valence-electron chi connectivity index (χ3n) is 5.74. The Kier molecular flexibility index (Phi) is 27.3. The zero-order valence-electron chi connectivity index (χ0n) is 26.5. The van der Waals surface area contributed by atoms with Crippen molar-refractivity contribution in [2.24, 2.45) is 11.7 Å². The van der Waals surface area contributed by atoms with Gasteiger partial charge in [0.05, 0.1) is 0 Å². The number of rotatable bonds is 15. The molecule has 0 heterocycles. The normalized spacial score (nSPS) is 12.6. The van der Waals surface area contributed by atoms with Crippen LogP contribution in [0.2, 0.25) is 0 Å². The molecule has 4 heteroatoms. The van der Waals surface area contributed by atoms with Crippen molar-refractivity contribution < 1.29 is 4.39 Å². The summed E-state index contributed by atoms with van der Waals surface area (Å²) in [5.41, 5.74) is 11.0. The molecular weight excluding hydrogens is 469 g/mol. The number of hydrogen-bond donors (Lipinski definition) is 1. The topological polar surface area (TPSA) is 32.5 Å². The molecule has 0 amide bonds. The Morgan fingerprint density at radius 3 is 2.03 bits per heavy atom. The molecule has 3 nitrogen and oxygen atoms in total. The molecule has 0 aliphatic rings. The van der Waals surface area contributed by atoms with Gasteiger partial charge in [-0.15, -0.1) is 0 Å². The second-order valence-corrected chi connectivity index (χ2v) is 10.1. The molecular formula is C34H60FN3. The zero-order chi connectivity index (χ0) is 30.1. The number of nitrogens with zero attached hydrogens (tertiary/aromatic N) is 2. The molecule has 0 aromatic rings. The van der Waals surface area contributed by atoms with Crippen LogP contribution >= 0.6 is 0 Å². The van der Waals surface area contributed by atoms with E-state index in [1.807, 2.05) is 44.5 Å². The van der Waals surface area contributed by atoms with E-state index in [4.69, 9.17) is 0 Å². The Hall–Kier alpha value is -2.59. The molecule has 1 atom stereocenters. The monoisotopic (exact) mass is 529 g/mol. The Labute approximate surface area is 236 Å². The van der Waals surface area contributed by atoms with Crippen molar-refractivity contribution in [1.29, 1.82) is 0 Å². The maximum atomic E-state index is 13.0. The Balaban J connectivity index is -0.000000647. The molecule has 0 saturated heterocycles. The molecule has 0 spiro atoms. The van der Waals surface area contributed by atoms with Crippen LogP contribution < -0.4 is 5.73 Å². The standard InChI is InChI=1S/C20H36FN.C12H19N.C2H5N/c1-8-22(15-19(7)21)13-9-10-18(6)11-12-20(17(4)5)14-16(2)3;1-6-8-9-10-13(5)12(4)11(3)7-2;1-2-3/h11-12,16,19H,6,8-10,13-15H2,1-5,7H3;6-10H,2H2,1,3-5H3;2H,1,3H2/b12-11-;8-6-,10-9-,12-11-;. The molecule has 0 aromatic heterocycles. The van der Waals surface area contributed by atoms with E-state index in [0.717, 1.165) is 37.9 Å². The van der Waals surface area contributed by atoms with E-state index in [9.17, 15) is 4.39 Å². The molecule has 2 N–H and O–H groups in total. The van der Waals surface area contributed by atoms with Gasteiger partial charge >= 0.3 is 0 Å². The number of alkyl halides is 1. The van der Waals surface area contributed by atoms with Crippen molar-refractivity contribution in [2.45, 2.75) is 87.7 Å². The van der Waals surface area contributed by atoms with E-state index in [1.54, 1.807) is 6.92 Å². The first-order chi connectivity index (χ1) is 17.8. The van der Waals surface area contributed by atoms with Crippen LogP contribution in [0.4, 0.5) is 4.39 Å². The van der Waals surface area contributed by atoms with E-state index in [2.05, 4.69) is 95.9 Å². The van der Waals surface area contributed by atoms with E-state index >= 15 is 0 Å². The van der Waals surface area contributed by atoms with E-state index in [0.29, 0.717) is 12.5 Å². The van der Waals surface area contributed by atoms with Gasteiger partial charge in [0.25, 0.3) is 0 Å². The number of allylic oxidation sites excluding steroid dienone is 11. The Bertz CT molecular complexity index is 791. The Morgan fingerprint density at radius 1 is 1.03 bits per heavy atom. The fourth-order valence-corrected chi connectivity index (χ4v) is 3.27. The fraction of sp³-hybridized carbons (Fsp3) is 0.529. The average molecular weight is 530 g/mol. The van der Waals surface area contributed by atoms with Crippen LogP contribution in [0.5, 0.6) is 0 Å². The third-order valence-corrected chi connectivity index (χ3v) is 5.74. The van der Waals surface area contributed by atoms with Crippen LogP contribution in [0.3, 0.4) is 0 Å². The van der Waals surface area contributed by atoms with Gasteiger partial charge in [-0.05, 0) is 103 Å². The van der Waals surface area contributed by atoms with Crippen molar-refractivity contribution in [3.8, 4) is 0 Å². The minimum atomic E-state index is -0.751. The van der Waals surface area contributed by atoms with Crippen molar-refractivity contribution in [3.05, 3.63) is 96.6 Å². The highest BCUT2D eigenvalue weighted by Gasteiger charge is 2.07. The molecule has 0 radical (unpaired) electrons. The van der Waals surface area contributed by atoms with Crippen LogP contribution in [0, 0.1) is 5.92 Å². The first kappa shape index (κ1) is 39.9. The molecule has 218 valence electrons. The summed E-state index contributed by atoms with van der Waals surface area (Å²) < 4.78 is 13.0. The van der Waals surface area contributed by atoms with Crippen LogP contribution in [-0.4, -0.2) is 42.7 Å². The highest BCUT2D eigenvalue weighted by molar-refractivity contribution is 5.29. The first-order valence-electron chi connectivity index (χ1n) is 13.8. The number of nitrogens with two attached hydrogens (primary N) is 1. The minimum Gasteiger partial charge on any atom is -0.405 e. The van der Waals surface area contributed by atoms with Gasteiger partial charge < -0.3 is 15.5 Å². The predicted octanol–water partition coefficient (Wildman–Crippen LogP) is 9.52. The van der Waals surface area contributed by atoms with E-state index in [1.165, 1.54) is 28.6 Å². The van der Waals surface area contributed by atoms with Gasteiger partial charge in [0.1, 0.15) is 6.17 Å². The highest BCUT2D eigenvalue weighted by Crippen LogP contribution is 2.18. The SMILES string of the molecule is C=C(/C=C\C(CC(C)C)=C(C)C)CCCN(CC)CC(C)F.C=C/C(C)=C(/C)N(C)/C=C\C=C/C.C=CN. The fourth-order valence-electron chi connectivity index (χ4n) is 3.27. The van der Waals surface area contributed by atoms with E-state index in [-0.39, 0.29) is 0 Å². The van der Waals surface area contributed by atoms with Gasteiger partial charge in [0.15, 0.2) is 0 Å². The van der Waals surface area contributed by atoms with Gasteiger partial charge in [0.2, 0.25) is 0 Å². The maximum Gasteiger partial charge on any atom is 0.110 e. The summed E-state index contributed by atoms with van der Waals surface area (Å²) in [5.74, 6) is 0.670. The molecule has 1 unspecified atom stereocenters. The highest BCUT2D eigenvalue weighted by atomic mass is 19.1. The minimum absolute atomic E-state index is 0.537. The predicted molar refractivity (Wildman–Crippen MR) is 173 cm³/mol. The van der Waals surface area contributed by atoms with Crippen LogP contribution in [0.1, 0.15) is 81.6 Å². The summed E-state index contributed by atoms with van der Waals surface area (Å²) in [6.07, 6.45) is 17.9. The lowest BCUT2D eigenvalue weighted by atomic mass is 9.98. The van der Waals surface area contributed by atoms with Crippen molar-refractivity contribution >= 4 is 0 Å². The molecule has 0 aromatic carbocycles. The summed E-state index contributed by atoms with van der Waals surface area (Å²) in [6.45, 7) is 32.1. The van der Waals surface area contributed by atoms with Crippen molar-refractivity contribution in [1.82, 2.24) is 9.80 Å². The smallest absolute Gasteiger partial charge is 0.110 e. The van der Waals surface area contributed by atoms with Gasteiger partial charge in [-0.2, -0.15) is 0 Å². The second kappa shape index (κ2) is 26.0. The molecule has 0 aliphatic carbocycles. The molecule has 0 saturated carbocycles. The summed E-state index contributed by atoms with van der Waals surface area (Å²) in [4.78, 5) is 4.25. The molecule has 0 rings (SSSR count). The number of hydrogen-bond acceptors (Lipinski definition) is 3. The second-order valence-electron chi connectivity index (χ2n) is 10.1. The molecule has 38 heavy (non-hydrogen) atoms. The lowest BCUT2D eigenvalue weighted by molar-refractivity contribution is 0.207. The summed E-state index contributed by atoms with van der Waals surface area (Å²) in [7, 11) is 2.03. The zero-order valence-corrected chi connectivity index (χ0v) is 26.5. The third kappa shape index (κ3) is 25.1. The maximum absolute atomic E-state index is 13.0. The summed E-state index contributed by atoms with van der Waals surface area (Å²) in [5, 5.41) is 0. The van der Waals surface area contributed by atoms with Crippen molar-refractivity contribution in [2.75, 3.05) is 26.7 Å². The first-order valence-corrected chi connectivity index (χ1v) is 13.8. The van der Waals surface area contributed by atoms with Gasteiger partial charge in [-0.3, -0.25) is 0 Å². The lowest BCUT2D eigenvalue weighted by Crippen LogP contribution is -2.30. The van der Waals surface area contributed by atoms with Crippen LogP contribution in [0.25, 0.3) is 0 Å². The van der Waals surface area contributed by atoms with Crippen LogP contribution in [0.15, 0.2) is 96.6 Å². The molecule has 0 bridgehead atoms. The van der Waals surface area contributed by atoms with Gasteiger partial charge in [0, 0.05) is 25.5 Å². The lowest BCUT2D eigenvalue weighted by Gasteiger charge is -2.20. The molecule has 0 fully saturated rings. The largest absolute Gasteiger partial charge is 0.405 e.